The summed E-state index contributed by atoms with van der Waals surface area (Å²) in [6.07, 6.45) is 3.11. The average molecular weight is 249 g/mol. The maximum Gasteiger partial charge on any atom is 0.354 e. The first kappa shape index (κ1) is 11.7. The maximum atomic E-state index is 11.0. The highest BCUT2D eigenvalue weighted by Gasteiger charge is 2.11. The summed E-state index contributed by atoms with van der Waals surface area (Å²) in [7, 11) is 0. The molecule has 0 saturated carbocycles. The molecule has 0 amide bonds. The highest BCUT2D eigenvalue weighted by atomic mass is 32.2. The molecule has 88 valence electrons. The van der Waals surface area contributed by atoms with Crippen molar-refractivity contribution in [2.45, 2.75) is 17.6 Å². The normalized spacial score (nSPS) is 10.4. The summed E-state index contributed by atoms with van der Waals surface area (Å²) in [5, 5.41) is 8.99. The van der Waals surface area contributed by atoms with Gasteiger partial charge >= 0.3 is 5.97 Å². The number of thioether (sulfide) groups is 1. The fourth-order valence-corrected chi connectivity index (χ4v) is 2.37. The number of aromatic carboxylic acids is 1. The van der Waals surface area contributed by atoms with Crippen molar-refractivity contribution in [1.82, 2.24) is 4.98 Å². The van der Waals surface area contributed by atoms with Crippen LogP contribution in [0.2, 0.25) is 0 Å². The molecular weight excluding hydrogens is 238 g/mol. The van der Waals surface area contributed by atoms with E-state index in [2.05, 4.69) is 4.98 Å². The van der Waals surface area contributed by atoms with Gasteiger partial charge in [0.2, 0.25) is 0 Å². The molecule has 2 rings (SSSR count). The molecule has 0 bridgehead atoms. The second-order valence-electron chi connectivity index (χ2n) is 3.45. The number of pyridine rings is 1. The largest absolute Gasteiger partial charge is 0.477 e. The van der Waals surface area contributed by atoms with Crippen molar-refractivity contribution < 1.29 is 14.3 Å². The van der Waals surface area contributed by atoms with E-state index in [1.54, 1.807) is 30.2 Å². The SMILES string of the molecule is Cc1occc1SCc1cccnc1C(=O)O. The van der Waals surface area contributed by atoms with Crippen molar-refractivity contribution in [3.63, 3.8) is 0 Å². The van der Waals surface area contributed by atoms with Crippen LogP contribution in [0.4, 0.5) is 0 Å². The van der Waals surface area contributed by atoms with Crippen LogP contribution in [-0.4, -0.2) is 16.1 Å². The van der Waals surface area contributed by atoms with Gasteiger partial charge in [-0.1, -0.05) is 6.07 Å². The Labute approximate surface area is 103 Å². The first-order chi connectivity index (χ1) is 8.18. The Bertz CT molecular complexity index is 536. The van der Waals surface area contributed by atoms with Gasteiger partial charge < -0.3 is 9.52 Å². The van der Waals surface area contributed by atoms with E-state index in [1.807, 2.05) is 13.0 Å². The molecule has 2 aromatic rings. The number of hydrogen-bond acceptors (Lipinski definition) is 4. The quantitative estimate of drug-likeness (QED) is 0.844. The van der Waals surface area contributed by atoms with E-state index < -0.39 is 5.97 Å². The highest BCUT2D eigenvalue weighted by molar-refractivity contribution is 7.98. The number of carbonyl (C=O) groups is 1. The van der Waals surface area contributed by atoms with Crippen LogP contribution >= 0.6 is 11.8 Å². The van der Waals surface area contributed by atoms with E-state index in [9.17, 15) is 4.79 Å². The van der Waals surface area contributed by atoms with E-state index in [4.69, 9.17) is 9.52 Å². The van der Waals surface area contributed by atoms with Crippen LogP contribution in [0.1, 0.15) is 21.8 Å². The van der Waals surface area contributed by atoms with Gasteiger partial charge in [-0.3, -0.25) is 0 Å². The molecule has 0 saturated heterocycles. The van der Waals surface area contributed by atoms with Crippen molar-refractivity contribution in [1.29, 1.82) is 0 Å². The number of aromatic nitrogens is 1. The van der Waals surface area contributed by atoms with E-state index in [0.717, 1.165) is 10.7 Å². The summed E-state index contributed by atoms with van der Waals surface area (Å²) in [4.78, 5) is 15.8. The third kappa shape index (κ3) is 2.68. The molecule has 5 heteroatoms. The minimum Gasteiger partial charge on any atom is -0.477 e. The number of nitrogens with zero attached hydrogens (tertiary/aromatic N) is 1. The monoisotopic (exact) mass is 249 g/mol. The smallest absolute Gasteiger partial charge is 0.354 e. The molecule has 17 heavy (non-hydrogen) atoms. The molecule has 0 atom stereocenters. The number of hydrogen-bond donors (Lipinski definition) is 1. The van der Waals surface area contributed by atoms with Crippen LogP contribution in [0.15, 0.2) is 40.0 Å². The third-order valence-electron chi connectivity index (χ3n) is 2.29. The van der Waals surface area contributed by atoms with Crippen LogP contribution in [0.25, 0.3) is 0 Å². The first-order valence-corrected chi connectivity index (χ1v) is 6.01. The van der Waals surface area contributed by atoms with Crippen molar-refractivity contribution in [2.75, 3.05) is 0 Å². The molecule has 0 spiro atoms. The van der Waals surface area contributed by atoms with Gasteiger partial charge in [0.05, 0.1) is 6.26 Å². The second kappa shape index (κ2) is 5.05. The lowest BCUT2D eigenvalue weighted by atomic mass is 10.2. The van der Waals surface area contributed by atoms with Gasteiger partial charge in [0.25, 0.3) is 0 Å². The van der Waals surface area contributed by atoms with Crippen molar-refractivity contribution in [3.8, 4) is 0 Å². The Balaban J connectivity index is 2.14. The zero-order valence-electron chi connectivity index (χ0n) is 9.21. The molecular formula is C12H11NO3S. The van der Waals surface area contributed by atoms with Crippen LogP contribution in [0.5, 0.6) is 0 Å². The molecule has 1 N–H and O–H groups in total. The molecule has 2 heterocycles. The second-order valence-corrected chi connectivity index (χ2v) is 4.46. The molecule has 0 fully saturated rings. The van der Waals surface area contributed by atoms with Gasteiger partial charge in [-0.15, -0.1) is 11.8 Å². The lowest BCUT2D eigenvalue weighted by Crippen LogP contribution is -2.04. The van der Waals surface area contributed by atoms with Crippen molar-refractivity contribution in [3.05, 3.63) is 47.7 Å². The molecule has 0 radical (unpaired) electrons. The fraction of sp³-hybridized carbons (Fsp3) is 0.167. The Hall–Kier alpha value is -1.75. The summed E-state index contributed by atoms with van der Waals surface area (Å²) >= 11 is 1.54. The number of carboxylic acids is 1. The predicted octanol–water partition coefficient (Wildman–Crippen LogP) is 2.97. The number of aryl methyl sites for hydroxylation is 1. The topological polar surface area (TPSA) is 63.3 Å². The first-order valence-electron chi connectivity index (χ1n) is 5.02. The molecule has 4 nitrogen and oxygen atoms in total. The molecule has 0 aromatic carbocycles. The van der Waals surface area contributed by atoms with E-state index in [0.29, 0.717) is 11.3 Å². The predicted molar refractivity (Wildman–Crippen MR) is 64.2 cm³/mol. The van der Waals surface area contributed by atoms with Crippen molar-refractivity contribution >= 4 is 17.7 Å². The standard InChI is InChI=1S/C12H11NO3S/c1-8-10(4-6-16-8)17-7-9-3-2-5-13-11(9)12(14)15/h2-6H,7H2,1H3,(H,14,15). The van der Waals surface area contributed by atoms with Gasteiger partial charge in [-0.05, 0) is 24.6 Å². The summed E-state index contributed by atoms with van der Waals surface area (Å²) < 4.78 is 5.18. The molecule has 0 aliphatic heterocycles. The molecule has 0 aliphatic rings. The zero-order chi connectivity index (χ0) is 12.3. The lowest BCUT2D eigenvalue weighted by molar-refractivity contribution is 0.0689. The van der Waals surface area contributed by atoms with Gasteiger partial charge in [0, 0.05) is 16.8 Å². The fourth-order valence-electron chi connectivity index (χ4n) is 1.43. The minimum absolute atomic E-state index is 0.112. The number of rotatable bonds is 4. The molecule has 0 unspecified atom stereocenters. The summed E-state index contributed by atoms with van der Waals surface area (Å²) in [5.41, 5.74) is 0.826. The highest BCUT2D eigenvalue weighted by Crippen LogP contribution is 2.27. The van der Waals surface area contributed by atoms with Gasteiger partial charge in [-0.2, -0.15) is 0 Å². The van der Waals surface area contributed by atoms with Gasteiger partial charge in [-0.25, -0.2) is 9.78 Å². The Kier molecular flexibility index (Phi) is 3.49. The average Bonchev–Trinajstić information content (AvgIpc) is 2.72. The van der Waals surface area contributed by atoms with E-state index in [-0.39, 0.29) is 5.69 Å². The molecule has 2 aromatic heterocycles. The van der Waals surface area contributed by atoms with Gasteiger partial charge in [0.15, 0.2) is 5.69 Å². The Morgan fingerprint density at radius 3 is 3.00 bits per heavy atom. The van der Waals surface area contributed by atoms with Crippen LogP contribution in [0, 0.1) is 6.92 Å². The van der Waals surface area contributed by atoms with Crippen LogP contribution in [-0.2, 0) is 5.75 Å². The lowest BCUT2D eigenvalue weighted by Gasteiger charge is -2.03. The minimum atomic E-state index is -0.995. The third-order valence-corrected chi connectivity index (χ3v) is 3.48. The van der Waals surface area contributed by atoms with Crippen molar-refractivity contribution in [2.24, 2.45) is 0 Å². The van der Waals surface area contributed by atoms with E-state index in [1.165, 1.54) is 6.20 Å². The zero-order valence-corrected chi connectivity index (χ0v) is 10.0. The maximum absolute atomic E-state index is 11.0. The van der Waals surface area contributed by atoms with Gasteiger partial charge in [0.1, 0.15) is 5.76 Å². The van der Waals surface area contributed by atoms with E-state index >= 15 is 0 Å². The van der Waals surface area contributed by atoms with Crippen LogP contribution < -0.4 is 0 Å². The Morgan fingerprint density at radius 1 is 1.53 bits per heavy atom. The summed E-state index contributed by atoms with van der Waals surface area (Å²) in [5.74, 6) is 0.413. The molecule has 0 aliphatic carbocycles. The summed E-state index contributed by atoms with van der Waals surface area (Å²) in [6.45, 7) is 1.88. The number of furan rings is 1. The summed E-state index contributed by atoms with van der Waals surface area (Å²) in [6, 6.07) is 5.39. The Morgan fingerprint density at radius 2 is 2.35 bits per heavy atom. The number of carboxylic acid groups (broad SMARTS) is 1. The van der Waals surface area contributed by atoms with Crippen LogP contribution in [0.3, 0.4) is 0 Å².